The van der Waals surface area contributed by atoms with Crippen molar-refractivity contribution in [1.29, 1.82) is 0 Å². The van der Waals surface area contributed by atoms with E-state index < -0.39 is 0 Å². The number of benzene rings is 2. The van der Waals surface area contributed by atoms with Gasteiger partial charge in [-0.2, -0.15) is 0 Å². The van der Waals surface area contributed by atoms with E-state index in [2.05, 4.69) is 99.3 Å². The van der Waals surface area contributed by atoms with Crippen LogP contribution in [0.5, 0.6) is 0 Å². The minimum Gasteiger partial charge on any atom is -0.377 e. The Morgan fingerprint density at radius 1 is 1.00 bits per heavy atom. The van der Waals surface area contributed by atoms with Crippen molar-refractivity contribution in [3.05, 3.63) is 77.9 Å². The highest BCUT2D eigenvalue weighted by Gasteiger charge is 2.21. The molecule has 0 aliphatic carbocycles. The average Bonchev–Trinajstić information content (AvgIpc) is 2.53. The van der Waals surface area contributed by atoms with Gasteiger partial charge in [0.25, 0.3) is 0 Å². The summed E-state index contributed by atoms with van der Waals surface area (Å²) in [5.41, 5.74) is 4.66. The fourth-order valence-corrected chi connectivity index (χ4v) is 2.62. The van der Waals surface area contributed by atoms with Crippen LogP contribution in [-0.4, -0.2) is 25.0 Å². The van der Waals surface area contributed by atoms with Crippen molar-refractivity contribution in [1.82, 2.24) is 10.2 Å². The van der Waals surface area contributed by atoms with E-state index in [1.165, 1.54) is 16.7 Å². The van der Waals surface area contributed by atoms with Crippen LogP contribution in [0.2, 0.25) is 0 Å². The highest BCUT2D eigenvalue weighted by Crippen LogP contribution is 2.24. The molecule has 23 heavy (non-hydrogen) atoms. The van der Waals surface area contributed by atoms with Gasteiger partial charge in [0.2, 0.25) is 0 Å². The van der Waals surface area contributed by atoms with Crippen LogP contribution < -0.4 is 5.32 Å². The summed E-state index contributed by atoms with van der Waals surface area (Å²) >= 11 is 0. The summed E-state index contributed by atoms with van der Waals surface area (Å²) < 4.78 is 0. The quantitative estimate of drug-likeness (QED) is 0.818. The zero-order valence-electron chi connectivity index (χ0n) is 14.0. The number of aryl methyl sites for hydroxylation is 1. The first kappa shape index (κ1) is 19.0. The van der Waals surface area contributed by atoms with Crippen LogP contribution in [0.25, 0.3) is 5.70 Å². The molecular weight excluding hydrogens is 280 g/mol. The Hall–Kier alpha value is -2.06. The predicted molar refractivity (Wildman–Crippen MR) is 102 cm³/mol. The smallest absolute Gasteiger partial charge is 0.0666 e. The van der Waals surface area contributed by atoms with E-state index in [0.717, 1.165) is 5.70 Å². The monoisotopic (exact) mass is 310 g/mol. The van der Waals surface area contributed by atoms with Crippen molar-refractivity contribution >= 4 is 5.70 Å². The molecule has 2 heteroatoms. The van der Waals surface area contributed by atoms with Gasteiger partial charge in [-0.15, -0.1) is 0 Å². The van der Waals surface area contributed by atoms with E-state index in [-0.39, 0.29) is 13.5 Å². The van der Waals surface area contributed by atoms with Gasteiger partial charge in [0, 0.05) is 11.7 Å². The lowest BCUT2D eigenvalue weighted by Crippen LogP contribution is -2.38. The van der Waals surface area contributed by atoms with E-state index in [1.807, 2.05) is 0 Å². The molecule has 2 aromatic rings. The molecule has 0 radical (unpaired) electrons. The SMILES string of the molecule is C.C=C(NC(c1ccccc1)C(C)N(C)C)c1ccccc1C. The van der Waals surface area contributed by atoms with Crippen LogP contribution >= 0.6 is 0 Å². The molecule has 0 saturated carbocycles. The molecule has 0 aliphatic rings. The molecule has 0 heterocycles. The van der Waals surface area contributed by atoms with Gasteiger partial charge in [-0.05, 0) is 44.6 Å². The highest BCUT2D eigenvalue weighted by atomic mass is 15.1. The van der Waals surface area contributed by atoms with E-state index in [4.69, 9.17) is 0 Å². The van der Waals surface area contributed by atoms with Crippen LogP contribution in [0.15, 0.2) is 61.2 Å². The number of rotatable bonds is 6. The fraction of sp³-hybridized carbons (Fsp3) is 0.333. The Morgan fingerprint density at radius 3 is 2.13 bits per heavy atom. The summed E-state index contributed by atoms with van der Waals surface area (Å²) in [7, 11) is 4.22. The normalized spacial score (nSPS) is 13.1. The number of hydrogen-bond acceptors (Lipinski definition) is 2. The third-order valence-electron chi connectivity index (χ3n) is 4.26. The second kappa shape index (κ2) is 8.54. The van der Waals surface area contributed by atoms with Gasteiger partial charge in [0.05, 0.1) is 6.04 Å². The molecule has 0 saturated heterocycles. The molecule has 2 aromatic carbocycles. The van der Waals surface area contributed by atoms with Crippen LogP contribution in [0.1, 0.15) is 37.1 Å². The third kappa shape index (κ3) is 4.70. The second-order valence-corrected chi connectivity index (χ2v) is 6.03. The Morgan fingerprint density at radius 2 is 1.57 bits per heavy atom. The Bertz CT molecular complexity index is 617. The Kier molecular flexibility index (Phi) is 7.05. The largest absolute Gasteiger partial charge is 0.377 e. The lowest BCUT2D eigenvalue weighted by molar-refractivity contribution is 0.260. The zero-order valence-corrected chi connectivity index (χ0v) is 14.0. The predicted octanol–water partition coefficient (Wildman–Crippen LogP) is 4.88. The van der Waals surface area contributed by atoms with Crippen molar-refractivity contribution in [3.63, 3.8) is 0 Å². The lowest BCUT2D eigenvalue weighted by Gasteiger charge is -2.32. The van der Waals surface area contributed by atoms with Gasteiger partial charge < -0.3 is 10.2 Å². The van der Waals surface area contributed by atoms with Gasteiger partial charge in [-0.3, -0.25) is 0 Å². The lowest BCUT2D eigenvalue weighted by atomic mass is 9.98. The van der Waals surface area contributed by atoms with Gasteiger partial charge in [-0.1, -0.05) is 68.6 Å². The van der Waals surface area contributed by atoms with Gasteiger partial charge in [0.1, 0.15) is 0 Å². The summed E-state index contributed by atoms with van der Waals surface area (Å²) in [5.74, 6) is 0. The molecule has 0 fully saturated rings. The molecule has 2 rings (SSSR count). The van der Waals surface area contributed by atoms with Gasteiger partial charge in [0.15, 0.2) is 0 Å². The van der Waals surface area contributed by atoms with Gasteiger partial charge >= 0.3 is 0 Å². The third-order valence-corrected chi connectivity index (χ3v) is 4.26. The summed E-state index contributed by atoms with van der Waals surface area (Å²) in [5, 5.41) is 3.64. The zero-order chi connectivity index (χ0) is 16.1. The first-order chi connectivity index (χ1) is 10.5. The van der Waals surface area contributed by atoms with Crippen LogP contribution in [-0.2, 0) is 0 Å². The fourth-order valence-electron chi connectivity index (χ4n) is 2.62. The average molecular weight is 310 g/mol. The molecule has 0 spiro atoms. The summed E-state index contributed by atoms with van der Waals surface area (Å²) in [6.07, 6.45) is 0. The molecule has 2 nitrogen and oxygen atoms in total. The van der Waals surface area contributed by atoms with Crippen molar-refractivity contribution in [3.8, 4) is 0 Å². The number of hydrogen-bond donors (Lipinski definition) is 1. The Balaban J connectivity index is 0.00000264. The highest BCUT2D eigenvalue weighted by molar-refractivity contribution is 5.65. The second-order valence-electron chi connectivity index (χ2n) is 6.03. The summed E-state index contributed by atoms with van der Waals surface area (Å²) in [6, 6.07) is 19.5. The standard InChI is InChI=1S/C20H26N2.CH4/c1-15-11-9-10-14-19(15)16(2)21-20(17(3)22(4)5)18-12-7-6-8-13-18;/h6-14,17,20-21H,2H2,1,3-5H3;1H4. The number of likely N-dealkylation sites (N-methyl/N-ethyl adjacent to an activating group) is 1. The van der Waals surface area contributed by atoms with Gasteiger partial charge in [-0.25, -0.2) is 0 Å². The Labute approximate surface area is 141 Å². The number of nitrogens with zero attached hydrogens (tertiary/aromatic N) is 1. The maximum Gasteiger partial charge on any atom is 0.0666 e. The minimum atomic E-state index is 0. The van der Waals surface area contributed by atoms with Crippen LogP contribution in [0.4, 0.5) is 0 Å². The minimum absolute atomic E-state index is 0. The van der Waals surface area contributed by atoms with E-state index in [1.54, 1.807) is 0 Å². The molecule has 1 N–H and O–H groups in total. The first-order valence-corrected chi connectivity index (χ1v) is 7.73. The van der Waals surface area contributed by atoms with Crippen LogP contribution in [0.3, 0.4) is 0 Å². The molecule has 0 bridgehead atoms. The maximum absolute atomic E-state index is 4.26. The topological polar surface area (TPSA) is 15.3 Å². The molecule has 2 unspecified atom stereocenters. The summed E-state index contributed by atoms with van der Waals surface area (Å²) in [6.45, 7) is 8.62. The first-order valence-electron chi connectivity index (χ1n) is 7.73. The molecule has 0 amide bonds. The van der Waals surface area contributed by atoms with Crippen molar-refractivity contribution in [2.24, 2.45) is 0 Å². The number of nitrogens with one attached hydrogen (secondary N) is 1. The molecular formula is C21H30N2. The maximum atomic E-state index is 4.26. The van der Waals surface area contributed by atoms with E-state index in [0.29, 0.717) is 6.04 Å². The molecule has 0 aromatic heterocycles. The van der Waals surface area contributed by atoms with Crippen molar-refractivity contribution < 1.29 is 0 Å². The van der Waals surface area contributed by atoms with Crippen molar-refractivity contribution in [2.75, 3.05) is 14.1 Å². The van der Waals surface area contributed by atoms with E-state index in [9.17, 15) is 0 Å². The van der Waals surface area contributed by atoms with E-state index >= 15 is 0 Å². The van der Waals surface area contributed by atoms with Crippen molar-refractivity contribution in [2.45, 2.75) is 33.4 Å². The molecule has 124 valence electrons. The summed E-state index contributed by atoms with van der Waals surface area (Å²) in [4.78, 5) is 2.23. The molecule has 2 atom stereocenters. The van der Waals surface area contributed by atoms with Crippen LogP contribution in [0, 0.1) is 6.92 Å². The molecule has 0 aliphatic heterocycles.